The predicted molar refractivity (Wildman–Crippen MR) is 58.8 cm³/mol. The quantitative estimate of drug-likeness (QED) is 0.629. The average Bonchev–Trinajstić information content (AvgIpc) is 2.61. The summed E-state index contributed by atoms with van der Waals surface area (Å²) < 4.78 is 19.9. The maximum atomic E-state index is 13.4. The molecule has 0 unspecified atom stereocenters. The summed E-state index contributed by atoms with van der Waals surface area (Å²) in [5.74, 6) is -1.05. The molecule has 0 radical (unpaired) electrons. The van der Waals surface area contributed by atoms with Crippen LogP contribution in [-0.4, -0.2) is 22.2 Å². The van der Waals surface area contributed by atoms with Crippen LogP contribution in [0.1, 0.15) is 17.3 Å². The van der Waals surface area contributed by atoms with Crippen molar-refractivity contribution in [3.63, 3.8) is 0 Å². The van der Waals surface area contributed by atoms with Crippen LogP contribution in [0.2, 0.25) is 0 Å². The first-order valence-electron chi connectivity index (χ1n) is 4.63. The van der Waals surface area contributed by atoms with E-state index in [9.17, 15) is 9.18 Å². The summed E-state index contributed by atoms with van der Waals surface area (Å²) in [6, 6.07) is 2.89. The number of nitrogens with zero attached hydrogens (tertiary/aromatic N) is 2. The Morgan fingerprint density at radius 3 is 3.06 bits per heavy atom. The Hall–Kier alpha value is -1.43. The van der Waals surface area contributed by atoms with Gasteiger partial charge in [-0.2, -0.15) is 9.49 Å². The first kappa shape index (κ1) is 11.1. The minimum atomic E-state index is -0.542. The number of halogens is 2. The molecule has 0 aliphatic heterocycles. The van der Waals surface area contributed by atoms with E-state index >= 15 is 0 Å². The third kappa shape index (κ3) is 1.80. The highest BCUT2D eigenvalue weighted by Gasteiger charge is 2.15. The normalized spacial score (nSPS) is 10.7. The molecule has 0 aliphatic carbocycles. The van der Waals surface area contributed by atoms with Crippen LogP contribution in [0.25, 0.3) is 5.52 Å². The van der Waals surface area contributed by atoms with E-state index in [1.165, 1.54) is 12.3 Å². The Labute approximate surface area is 99.1 Å². The van der Waals surface area contributed by atoms with Crippen molar-refractivity contribution >= 4 is 27.4 Å². The van der Waals surface area contributed by atoms with Crippen LogP contribution in [0.4, 0.5) is 4.39 Å². The lowest BCUT2D eigenvalue weighted by molar-refractivity contribution is 0.0528. The fraction of sp³-hybridized carbons (Fsp3) is 0.200. The number of rotatable bonds is 2. The number of aromatic nitrogens is 2. The van der Waals surface area contributed by atoms with Gasteiger partial charge in [0, 0.05) is 10.5 Å². The van der Waals surface area contributed by atoms with Crippen molar-refractivity contribution < 1.29 is 13.9 Å². The lowest BCUT2D eigenvalue weighted by Crippen LogP contribution is -2.04. The molecule has 0 saturated heterocycles. The summed E-state index contributed by atoms with van der Waals surface area (Å²) in [7, 11) is 0. The Balaban J connectivity index is 2.60. The number of pyridine rings is 1. The van der Waals surface area contributed by atoms with Gasteiger partial charge in [-0.05, 0) is 13.0 Å². The molecule has 2 rings (SSSR count). The molecule has 2 aromatic heterocycles. The molecule has 0 atom stereocenters. The van der Waals surface area contributed by atoms with E-state index in [0.717, 1.165) is 4.52 Å². The Morgan fingerprint density at radius 2 is 2.38 bits per heavy atom. The molecule has 2 aromatic rings. The van der Waals surface area contributed by atoms with E-state index in [4.69, 9.17) is 4.74 Å². The van der Waals surface area contributed by atoms with E-state index in [2.05, 4.69) is 21.0 Å². The zero-order chi connectivity index (χ0) is 11.7. The van der Waals surface area contributed by atoms with Gasteiger partial charge in [0.15, 0.2) is 0 Å². The minimum absolute atomic E-state index is 0.252. The topological polar surface area (TPSA) is 43.6 Å². The highest BCUT2D eigenvalue weighted by atomic mass is 79.9. The van der Waals surface area contributed by atoms with Crippen LogP contribution in [0, 0.1) is 5.95 Å². The number of carbonyl (C=O) groups is 1. The average molecular weight is 287 g/mol. The molecule has 0 spiro atoms. The Morgan fingerprint density at radius 1 is 1.62 bits per heavy atom. The van der Waals surface area contributed by atoms with E-state index in [1.54, 1.807) is 13.0 Å². The fourth-order valence-electron chi connectivity index (χ4n) is 1.38. The molecule has 2 heterocycles. The number of ether oxygens (including phenoxy) is 1. The van der Waals surface area contributed by atoms with Crippen molar-refractivity contribution in [1.82, 2.24) is 9.61 Å². The predicted octanol–water partition coefficient (Wildman–Crippen LogP) is 2.41. The van der Waals surface area contributed by atoms with Gasteiger partial charge in [-0.15, -0.1) is 0 Å². The van der Waals surface area contributed by atoms with Crippen LogP contribution in [-0.2, 0) is 4.74 Å². The molecule has 0 aliphatic rings. The second-order valence-electron chi connectivity index (χ2n) is 3.07. The number of hydrogen-bond donors (Lipinski definition) is 0. The van der Waals surface area contributed by atoms with E-state index < -0.39 is 11.9 Å². The van der Waals surface area contributed by atoms with Gasteiger partial charge >= 0.3 is 5.97 Å². The summed E-state index contributed by atoms with van der Waals surface area (Å²) in [5.41, 5.74) is 0.632. The van der Waals surface area contributed by atoms with Gasteiger partial charge < -0.3 is 4.74 Å². The van der Waals surface area contributed by atoms with Crippen molar-refractivity contribution in [3.05, 3.63) is 34.3 Å². The van der Waals surface area contributed by atoms with Crippen LogP contribution in [0.3, 0.4) is 0 Å². The Bertz CT molecular complexity index is 553. The number of fused-ring (bicyclic) bond motifs is 1. The summed E-state index contributed by atoms with van der Waals surface area (Å²) in [6.45, 7) is 1.98. The molecule has 0 bridgehead atoms. The third-order valence-electron chi connectivity index (χ3n) is 2.04. The molecule has 0 amide bonds. The first-order valence-corrected chi connectivity index (χ1v) is 5.42. The van der Waals surface area contributed by atoms with Crippen molar-refractivity contribution in [2.75, 3.05) is 6.61 Å². The smallest absolute Gasteiger partial charge is 0.341 e. The summed E-state index contributed by atoms with van der Waals surface area (Å²) in [5, 5.41) is 3.78. The van der Waals surface area contributed by atoms with Gasteiger partial charge in [-0.3, -0.25) is 0 Å². The van der Waals surface area contributed by atoms with Crippen molar-refractivity contribution in [1.29, 1.82) is 0 Å². The molecule has 0 fully saturated rings. The third-order valence-corrected chi connectivity index (χ3v) is 2.49. The van der Waals surface area contributed by atoms with Crippen LogP contribution < -0.4 is 0 Å². The summed E-state index contributed by atoms with van der Waals surface area (Å²) in [4.78, 5) is 11.5. The highest BCUT2D eigenvalue weighted by Crippen LogP contribution is 2.19. The second kappa shape index (κ2) is 4.21. The molecule has 0 N–H and O–H groups in total. The first-order chi connectivity index (χ1) is 7.63. The summed E-state index contributed by atoms with van der Waals surface area (Å²) in [6.07, 6.45) is 1.29. The van der Waals surface area contributed by atoms with E-state index in [0.29, 0.717) is 9.99 Å². The van der Waals surface area contributed by atoms with Crippen molar-refractivity contribution in [3.8, 4) is 0 Å². The van der Waals surface area contributed by atoms with Crippen LogP contribution in [0.15, 0.2) is 22.8 Å². The lowest BCUT2D eigenvalue weighted by atomic mass is 10.2. The van der Waals surface area contributed by atoms with Gasteiger partial charge in [0.1, 0.15) is 5.56 Å². The number of carbonyl (C=O) groups excluding carboxylic acids is 1. The maximum Gasteiger partial charge on any atom is 0.341 e. The molecule has 6 heteroatoms. The molecule has 0 aromatic carbocycles. The standard InChI is InChI=1S/C10H8BrFN2O2/c1-2-16-10(15)7-5-13-14-8(7)3-6(11)4-9(14)12/h3-5H,2H2,1H3. The van der Waals surface area contributed by atoms with Gasteiger partial charge in [-0.25, -0.2) is 9.31 Å². The zero-order valence-electron chi connectivity index (χ0n) is 8.41. The minimum Gasteiger partial charge on any atom is -0.462 e. The van der Waals surface area contributed by atoms with Gasteiger partial charge in [0.05, 0.1) is 18.3 Å². The van der Waals surface area contributed by atoms with Crippen LogP contribution >= 0.6 is 15.9 Å². The van der Waals surface area contributed by atoms with Gasteiger partial charge in [-0.1, -0.05) is 15.9 Å². The monoisotopic (exact) mass is 286 g/mol. The van der Waals surface area contributed by atoms with Crippen molar-refractivity contribution in [2.45, 2.75) is 6.92 Å². The second-order valence-corrected chi connectivity index (χ2v) is 3.99. The maximum absolute atomic E-state index is 13.4. The molecule has 16 heavy (non-hydrogen) atoms. The van der Waals surface area contributed by atoms with Crippen molar-refractivity contribution in [2.24, 2.45) is 0 Å². The Kier molecular flexibility index (Phi) is 2.91. The zero-order valence-corrected chi connectivity index (χ0v) is 9.99. The molecular formula is C10H8BrFN2O2. The molecular weight excluding hydrogens is 279 g/mol. The summed E-state index contributed by atoms with van der Waals surface area (Å²) >= 11 is 3.16. The van der Waals surface area contributed by atoms with Gasteiger partial charge in [0.2, 0.25) is 5.95 Å². The molecule has 84 valence electrons. The number of esters is 1. The highest BCUT2D eigenvalue weighted by molar-refractivity contribution is 9.10. The SMILES string of the molecule is CCOC(=O)c1cnn2c(F)cc(Br)cc12. The van der Waals surface area contributed by atoms with Crippen LogP contribution in [0.5, 0.6) is 0 Å². The fourth-order valence-corrected chi connectivity index (χ4v) is 1.79. The molecule has 4 nitrogen and oxygen atoms in total. The van der Waals surface area contributed by atoms with E-state index in [-0.39, 0.29) is 12.2 Å². The number of hydrogen-bond acceptors (Lipinski definition) is 3. The largest absolute Gasteiger partial charge is 0.462 e. The van der Waals surface area contributed by atoms with E-state index in [1.807, 2.05) is 0 Å². The van der Waals surface area contributed by atoms with Gasteiger partial charge in [0.25, 0.3) is 0 Å². The molecule has 0 saturated carbocycles. The lowest BCUT2D eigenvalue weighted by Gasteiger charge is -2.00.